The Bertz CT molecular complexity index is 533. The highest BCUT2D eigenvalue weighted by Crippen LogP contribution is 2.32. The van der Waals surface area contributed by atoms with Crippen LogP contribution in [0.25, 0.3) is 0 Å². The average molecular weight is 433 g/mol. The van der Waals surface area contributed by atoms with Gasteiger partial charge in [0.2, 0.25) is 0 Å². The topological polar surface area (TPSA) is 78.1 Å². The van der Waals surface area contributed by atoms with E-state index in [9.17, 15) is 0 Å². The maximum absolute atomic E-state index is 5.93. The van der Waals surface area contributed by atoms with Gasteiger partial charge in [0.1, 0.15) is 0 Å². The first-order valence-electron chi connectivity index (χ1n) is 7.85. The summed E-state index contributed by atoms with van der Waals surface area (Å²) in [6.45, 7) is 3.81. The van der Waals surface area contributed by atoms with E-state index < -0.39 is 0 Å². The summed E-state index contributed by atoms with van der Waals surface area (Å²) in [5.41, 5.74) is 6.79. The Balaban J connectivity index is 0.00000192. The first-order valence-corrected chi connectivity index (χ1v) is 7.85. The zero-order valence-electron chi connectivity index (χ0n) is 13.1. The molecule has 1 atom stereocenters. The number of benzene rings is 1. The number of guanidine groups is 1. The van der Waals surface area contributed by atoms with Gasteiger partial charge in [0.15, 0.2) is 17.5 Å². The van der Waals surface area contributed by atoms with E-state index in [0.717, 1.165) is 56.2 Å². The fourth-order valence-electron chi connectivity index (χ4n) is 2.61. The molecular formula is C16H24IN3O3. The molecule has 0 spiro atoms. The molecule has 0 radical (unpaired) electrons. The number of hydrogen-bond acceptors (Lipinski definition) is 4. The molecule has 0 bridgehead atoms. The lowest BCUT2D eigenvalue weighted by Gasteiger charge is -2.11. The summed E-state index contributed by atoms with van der Waals surface area (Å²) in [5.74, 6) is 2.57. The quantitative estimate of drug-likeness (QED) is 0.434. The molecule has 2 aliphatic heterocycles. The summed E-state index contributed by atoms with van der Waals surface area (Å²) >= 11 is 0. The van der Waals surface area contributed by atoms with Crippen LogP contribution in [0.1, 0.15) is 19.3 Å². The molecule has 128 valence electrons. The number of nitrogens with two attached hydrogens (primary N) is 1. The fraction of sp³-hybridized carbons (Fsp3) is 0.562. The molecule has 1 aromatic carbocycles. The average Bonchev–Trinajstić information content (AvgIpc) is 2.91. The van der Waals surface area contributed by atoms with E-state index in [0.29, 0.717) is 25.1 Å². The second-order valence-corrected chi connectivity index (χ2v) is 5.62. The Morgan fingerprint density at radius 2 is 2.04 bits per heavy atom. The van der Waals surface area contributed by atoms with Crippen molar-refractivity contribution in [3.05, 3.63) is 18.2 Å². The van der Waals surface area contributed by atoms with Gasteiger partial charge in [-0.1, -0.05) is 0 Å². The molecule has 23 heavy (non-hydrogen) atoms. The molecule has 1 aromatic rings. The van der Waals surface area contributed by atoms with Gasteiger partial charge in [-0.3, -0.25) is 4.99 Å². The molecule has 3 rings (SSSR count). The predicted octanol–water partition coefficient (Wildman–Crippen LogP) is 2.62. The van der Waals surface area contributed by atoms with Crippen molar-refractivity contribution in [1.29, 1.82) is 0 Å². The molecule has 1 unspecified atom stereocenters. The normalized spacial score (nSPS) is 20.5. The Labute approximate surface area is 153 Å². The van der Waals surface area contributed by atoms with E-state index in [1.165, 1.54) is 0 Å². The summed E-state index contributed by atoms with van der Waals surface area (Å²) < 4.78 is 16.6. The molecule has 0 saturated carbocycles. The highest BCUT2D eigenvalue weighted by Gasteiger charge is 2.14. The van der Waals surface area contributed by atoms with Crippen molar-refractivity contribution in [1.82, 2.24) is 0 Å². The van der Waals surface area contributed by atoms with Gasteiger partial charge in [-0.2, -0.15) is 0 Å². The van der Waals surface area contributed by atoms with Crippen LogP contribution in [-0.2, 0) is 4.74 Å². The standard InChI is InChI=1S/C16H23N3O3.HI/c17-16(18-6-4-12-5-9-20-11-12)19-13-2-3-14-15(10-13)22-8-1-7-21-14;/h2-3,10,12H,1,4-9,11H2,(H3,17,18,19);1H. The SMILES string of the molecule is I.NC(=NCCC1CCOC1)Nc1ccc2c(c1)OCCCO2. The van der Waals surface area contributed by atoms with Gasteiger partial charge in [0.05, 0.1) is 13.2 Å². The number of nitrogens with zero attached hydrogens (tertiary/aromatic N) is 1. The lowest BCUT2D eigenvalue weighted by Crippen LogP contribution is -2.23. The zero-order valence-corrected chi connectivity index (χ0v) is 15.5. The van der Waals surface area contributed by atoms with Gasteiger partial charge in [0.25, 0.3) is 0 Å². The molecule has 1 fully saturated rings. The number of fused-ring (bicyclic) bond motifs is 1. The second kappa shape index (κ2) is 9.17. The first kappa shape index (κ1) is 18.1. The van der Waals surface area contributed by atoms with E-state index in [-0.39, 0.29) is 24.0 Å². The van der Waals surface area contributed by atoms with Crippen molar-refractivity contribution < 1.29 is 14.2 Å². The minimum Gasteiger partial charge on any atom is -0.490 e. The third-order valence-corrected chi connectivity index (χ3v) is 3.86. The summed E-state index contributed by atoms with van der Waals surface area (Å²) in [5, 5.41) is 3.10. The Morgan fingerprint density at radius 3 is 2.83 bits per heavy atom. The van der Waals surface area contributed by atoms with E-state index >= 15 is 0 Å². The smallest absolute Gasteiger partial charge is 0.193 e. The molecule has 0 aliphatic carbocycles. The van der Waals surface area contributed by atoms with Crippen molar-refractivity contribution in [2.45, 2.75) is 19.3 Å². The molecule has 3 N–H and O–H groups in total. The number of halogens is 1. The van der Waals surface area contributed by atoms with Crippen LogP contribution in [0.4, 0.5) is 5.69 Å². The van der Waals surface area contributed by atoms with Crippen LogP contribution >= 0.6 is 24.0 Å². The molecule has 0 amide bonds. The zero-order chi connectivity index (χ0) is 15.2. The van der Waals surface area contributed by atoms with Crippen LogP contribution in [-0.4, -0.2) is 38.9 Å². The third kappa shape index (κ3) is 5.42. The van der Waals surface area contributed by atoms with E-state index in [1.807, 2.05) is 18.2 Å². The lowest BCUT2D eigenvalue weighted by molar-refractivity contribution is 0.184. The van der Waals surface area contributed by atoms with Gasteiger partial charge in [0, 0.05) is 37.9 Å². The van der Waals surface area contributed by atoms with Gasteiger partial charge >= 0.3 is 0 Å². The minimum atomic E-state index is 0. The largest absolute Gasteiger partial charge is 0.490 e. The molecule has 0 aromatic heterocycles. The van der Waals surface area contributed by atoms with E-state index in [4.69, 9.17) is 19.9 Å². The van der Waals surface area contributed by atoms with Crippen LogP contribution in [0, 0.1) is 5.92 Å². The van der Waals surface area contributed by atoms with Crippen LogP contribution in [0.2, 0.25) is 0 Å². The number of anilines is 1. The number of hydrogen-bond donors (Lipinski definition) is 2. The number of rotatable bonds is 4. The minimum absolute atomic E-state index is 0. The maximum atomic E-state index is 5.93. The monoisotopic (exact) mass is 433 g/mol. The van der Waals surface area contributed by atoms with Gasteiger partial charge in [-0.05, 0) is 30.9 Å². The lowest BCUT2D eigenvalue weighted by atomic mass is 10.1. The highest BCUT2D eigenvalue weighted by atomic mass is 127. The molecule has 2 aliphatic rings. The molecule has 1 saturated heterocycles. The summed E-state index contributed by atoms with van der Waals surface area (Å²) in [7, 11) is 0. The maximum Gasteiger partial charge on any atom is 0.193 e. The molecule has 2 heterocycles. The van der Waals surface area contributed by atoms with Crippen molar-refractivity contribution >= 4 is 35.6 Å². The van der Waals surface area contributed by atoms with Gasteiger partial charge in [-0.25, -0.2) is 0 Å². The van der Waals surface area contributed by atoms with Gasteiger partial charge < -0.3 is 25.3 Å². The first-order chi connectivity index (χ1) is 10.8. The number of ether oxygens (including phenoxy) is 3. The summed E-state index contributed by atoms with van der Waals surface area (Å²) in [6.07, 6.45) is 3.04. The second-order valence-electron chi connectivity index (χ2n) is 5.62. The summed E-state index contributed by atoms with van der Waals surface area (Å²) in [4.78, 5) is 4.37. The Hall–Kier alpha value is -1.22. The molecular weight excluding hydrogens is 409 g/mol. The van der Waals surface area contributed by atoms with Crippen molar-refractivity contribution in [2.24, 2.45) is 16.6 Å². The highest BCUT2D eigenvalue weighted by molar-refractivity contribution is 14.0. The fourth-order valence-corrected chi connectivity index (χ4v) is 2.61. The Kier molecular flexibility index (Phi) is 7.22. The van der Waals surface area contributed by atoms with E-state index in [1.54, 1.807) is 0 Å². The van der Waals surface area contributed by atoms with Crippen molar-refractivity contribution in [3.8, 4) is 11.5 Å². The van der Waals surface area contributed by atoms with Gasteiger partial charge in [-0.15, -0.1) is 24.0 Å². The van der Waals surface area contributed by atoms with Crippen LogP contribution in [0.3, 0.4) is 0 Å². The van der Waals surface area contributed by atoms with Crippen molar-refractivity contribution in [2.75, 3.05) is 38.3 Å². The number of nitrogens with one attached hydrogen (secondary N) is 1. The number of aliphatic imine (C=N–C) groups is 1. The Morgan fingerprint density at radius 1 is 1.22 bits per heavy atom. The third-order valence-electron chi connectivity index (χ3n) is 3.86. The molecule has 6 nitrogen and oxygen atoms in total. The van der Waals surface area contributed by atoms with E-state index in [2.05, 4.69) is 10.3 Å². The van der Waals surface area contributed by atoms with Crippen LogP contribution in [0.5, 0.6) is 11.5 Å². The predicted molar refractivity (Wildman–Crippen MR) is 101 cm³/mol. The van der Waals surface area contributed by atoms with Crippen LogP contribution in [0.15, 0.2) is 23.2 Å². The van der Waals surface area contributed by atoms with Crippen molar-refractivity contribution in [3.63, 3.8) is 0 Å². The molecule has 7 heteroatoms. The summed E-state index contributed by atoms with van der Waals surface area (Å²) in [6, 6.07) is 5.71. The van der Waals surface area contributed by atoms with Crippen LogP contribution < -0.4 is 20.5 Å².